The molecule has 11 heteroatoms. The Bertz CT molecular complexity index is 1970. The lowest BCUT2D eigenvalue weighted by molar-refractivity contribution is -0.123. The van der Waals surface area contributed by atoms with E-state index in [0.29, 0.717) is 24.1 Å². The van der Waals surface area contributed by atoms with Crippen molar-refractivity contribution in [3.05, 3.63) is 87.6 Å². The molecular weight excluding hydrogens is 665 g/mol. The van der Waals surface area contributed by atoms with E-state index in [4.69, 9.17) is 4.98 Å². The van der Waals surface area contributed by atoms with E-state index in [1.807, 2.05) is 42.9 Å². The summed E-state index contributed by atoms with van der Waals surface area (Å²) in [5.41, 5.74) is 6.24. The number of anilines is 1. The van der Waals surface area contributed by atoms with Gasteiger partial charge in [-0.15, -0.1) is 6.58 Å². The van der Waals surface area contributed by atoms with Crippen LogP contribution in [0.15, 0.2) is 59.7 Å². The van der Waals surface area contributed by atoms with Gasteiger partial charge in [-0.3, -0.25) is 24.0 Å². The molecular formula is C42H58N8O3. The fourth-order valence-corrected chi connectivity index (χ4v) is 7.81. The molecule has 4 aromatic rings. The summed E-state index contributed by atoms with van der Waals surface area (Å²) in [6.07, 6.45) is 8.15. The minimum atomic E-state index is -0.269. The van der Waals surface area contributed by atoms with E-state index in [2.05, 4.69) is 83.8 Å². The van der Waals surface area contributed by atoms with Gasteiger partial charge >= 0.3 is 0 Å². The van der Waals surface area contributed by atoms with Crippen LogP contribution >= 0.6 is 0 Å². The number of H-pyrrole nitrogens is 1. The SMILES string of the molecule is C=C(C)CC(CC)(CCC)CC(=O)NCCN1CCN(c2ccc(-c3cc(C(=O)NCc4c(C)cc(C)[nH]c4=O)c4cnn(C(C)C)c4c3)cn2)CC1. The van der Waals surface area contributed by atoms with E-state index in [1.165, 1.54) is 0 Å². The Morgan fingerprint density at radius 1 is 1.00 bits per heavy atom. The van der Waals surface area contributed by atoms with Crippen LogP contribution in [-0.2, 0) is 11.3 Å². The third-order valence-corrected chi connectivity index (χ3v) is 10.6. The van der Waals surface area contributed by atoms with Crippen LogP contribution in [0.1, 0.15) is 99.9 Å². The summed E-state index contributed by atoms with van der Waals surface area (Å²) >= 11 is 0. The molecule has 3 N–H and O–H groups in total. The number of hydrogen-bond acceptors (Lipinski definition) is 7. The second-order valence-corrected chi connectivity index (χ2v) is 15.3. The van der Waals surface area contributed by atoms with E-state index in [9.17, 15) is 14.4 Å². The van der Waals surface area contributed by atoms with Gasteiger partial charge in [-0.2, -0.15) is 5.10 Å². The monoisotopic (exact) mass is 722 g/mol. The van der Waals surface area contributed by atoms with Gasteiger partial charge in [0.2, 0.25) is 5.91 Å². The first-order valence-electron chi connectivity index (χ1n) is 19.2. The fraction of sp³-hybridized carbons (Fsp3) is 0.500. The van der Waals surface area contributed by atoms with Gasteiger partial charge in [-0.1, -0.05) is 25.8 Å². The Morgan fingerprint density at radius 3 is 2.38 bits per heavy atom. The third-order valence-electron chi connectivity index (χ3n) is 10.6. The van der Waals surface area contributed by atoms with Gasteiger partial charge in [0, 0.05) is 86.7 Å². The second kappa shape index (κ2) is 17.4. The van der Waals surface area contributed by atoms with Crippen molar-refractivity contribution < 1.29 is 9.59 Å². The van der Waals surface area contributed by atoms with Gasteiger partial charge < -0.3 is 20.5 Å². The first-order chi connectivity index (χ1) is 25.3. The highest BCUT2D eigenvalue weighted by Crippen LogP contribution is 2.38. The number of carbonyl (C=O) groups is 2. The number of nitrogens with zero attached hydrogens (tertiary/aromatic N) is 5. The number of amides is 2. The third kappa shape index (κ3) is 9.62. The zero-order valence-electron chi connectivity index (χ0n) is 32.8. The molecule has 1 aliphatic rings. The zero-order chi connectivity index (χ0) is 38.3. The molecule has 0 aliphatic carbocycles. The van der Waals surface area contributed by atoms with Crippen molar-refractivity contribution in [1.29, 1.82) is 0 Å². The Balaban J connectivity index is 1.21. The summed E-state index contributed by atoms with van der Waals surface area (Å²) in [6.45, 7) is 23.5. The number of carbonyl (C=O) groups excluding carboxylic acids is 2. The molecule has 1 fully saturated rings. The summed E-state index contributed by atoms with van der Waals surface area (Å²) in [5.74, 6) is 0.782. The number of fused-ring (bicyclic) bond motifs is 1. The van der Waals surface area contributed by atoms with Gasteiger partial charge in [-0.25, -0.2) is 4.98 Å². The van der Waals surface area contributed by atoms with E-state index < -0.39 is 0 Å². The number of hydrogen-bond donors (Lipinski definition) is 3. The van der Waals surface area contributed by atoms with Gasteiger partial charge in [0.25, 0.3) is 11.5 Å². The predicted molar refractivity (Wildman–Crippen MR) is 214 cm³/mol. The minimum Gasteiger partial charge on any atom is -0.355 e. The van der Waals surface area contributed by atoms with Crippen LogP contribution in [0, 0.1) is 19.3 Å². The standard InChI is InChI=1S/C42H58N8O3/c1-9-13-42(10-2,23-28(3)4)24-39(51)43-14-15-48-16-18-49(19-17-48)38-12-11-32(25-44-38)33-21-34(36-27-46-50(29(5)6)37(36)22-33)40(52)45-26-35-30(7)20-31(8)47-41(35)53/h11-12,20-22,25,27,29H,3,9-10,13-19,23-24,26H2,1-2,4-8H3,(H,43,51)(H,45,52)(H,47,53). The van der Waals surface area contributed by atoms with Crippen molar-refractivity contribution in [2.45, 2.75) is 93.2 Å². The maximum absolute atomic E-state index is 13.7. The molecule has 0 bridgehead atoms. The number of piperazine rings is 1. The van der Waals surface area contributed by atoms with Crippen LogP contribution in [0.2, 0.25) is 0 Å². The van der Waals surface area contributed by atoms with E-state index in [1.54, 1.807) is 6.20 Å². The lowest BCUT2D eigenvalue weighted by atomic mass is 9.73. The lowest BCUT2D eigenvalue weighted by Crippen LogP contribution is -2.48. The summed E-state index contributed by atoms with van der Waals surface area (Å²) in [5, 5.41) is 11.5. The zero-order valence-corrected chi connectivity index (χ0v) is 32.8. The molecule has 0 saturated carbocycles. The molecule has 2 amide bonds. The van der Waals surface area contributed by atoms with Crippen LogP contribution in [0.4, 0.5) is 5.82 Å². The van der Waals surface area contributed by atoms with Crippen molar-refractivity contribution in [2.24, 2.45) is 5.41 Å². The van der Waals surface area contributed by atoms with E-state index in [0.717, 1.165) is 103 Å². The lowest BCUT2D eigenvalue weighted by Gasteiger charge is -2.35. The highest BCUT2D eigenvalue weighted by molar-refractivity contribution is 6.08. The molecule has 1 aromatic carbocycles. The molecule has 1 atom stereocenters. The highest BCUT2D eigenvalue weighted by Gasteiger charge is 2.30. The van der Waals surface area contributed by atoms with Crippen molar-refractivity contribution in [3.63, 3.8) is 0 Å². The first kappa shape index (κ1) is 39.4. The molecule has 1 saturated heterocycles. The van der Waals surface area contributed by atoms with Gasteiger partial charge in [0.1, 0.15) is 5.82 Å². The molecule has 0 radical (unpaired) electrons. The van der Waals surface area contributed by atoms with Gasteiger partial charge in [-0.05, 0) is 101 Å². The number of aryl methyl sites for hydroxylation is 2. The summed E-state index contributed by atoms with van der Waals surface area (Å²) in [6, 6.07) is 10.1. The largest absolute Gasteiger partial charge is 0.355 e. The van der Waals surface area contributed by atoms with Gasteiger partial charge in [0.15, 0.2) is 0 Å². The second-order valence-electron chi connectivity index (χ2n) is 15.3. The first-order valence-corrected chi connectivity index (χ1v) is 19.2. The fourth-order valence-electron chi connectivity index (χ4n) is 7.81. The van der Waals surface area contributed by atoms with Crippen molar-refractivity contribution >= 4 is 28.5 Å². The molecule has 53 heavy (non-hydrogen) atoms. The Labute approximate surface area is 314 Å². The van der Waals surface area contributed by atoms with Crippen LogP contribution in [0.5, 0.6) is 0 Å². The molecule has 1 aliphatic heterocycles. The van der Waals surface area contributed by atoms with Crippen LogP contribution in [0.25, 0.3) is 22.0 Å². The Morgan fingerprint density at radius 2 is 1.75 bits per heavy atom. The number of aromatic nitrogens is 4. The van der Waals surface area contributed by atoms with Gasteiger partial charge in [0.05, 0.1) is 17.3 Å². The molecule has 284 valence electrons. The van der Waals surface area contributed by atoms with Crippen molar-refractivity contribution in [2.75, 3.05) is 44.2 Å². The predicted octanol–water partition coefficient (Wildman–Crippen LogP) is 6.71. The molecule has 3 aromatic heterocycles. The smallest absolute Gasteiger partial charge is 0.253 e. The van der Waals surface area contributed by atoms with Crippen LogP contribution in [-0.4, -0.2) is 75.7 Å². The molecule has 1 unspecified atom stereocenters. The molecule has 11 nitrogen and oxygen atoms in total. The number of allylic oxidation sites excluding steroid dienone is 1. The average Bonchev–Trinajstić information content (AvgIpc) is 3.55. The Kier molecular flexibility index (Phi) is 12.9. The topological polar surface area (TPSA) is 128 Å². The van der Waals surface area contributed by atoms with E-state index in [-0.39, 0.29) is 35.4 Å². The molecule has 5 rings (SSSR count). The molecule has 0 spiro atoms. The number of benzene rings is 1. The Hall–Kier alpha value is -4.77. The number of rotatable bonds is 16. The number of pyridine rings is 2. The van der Waals surface area contributed by atoms with Crippen molar-refractivity contribution in [1.82, 2.24) is 35.3 Å². The summed E-state index contributed by atoms with van der Waals surface area (Å²) in [7, 11) is 0. The highest BCUT2D eigenvalue weighted by atomic mass is 16.2. The number of aromatic amines is 1. The minimum absolute atomic E-state index is 0.00307. The quantitative estimate of drug-likeness (QED) is 0.110. The van der Waals surface area contributed by atoms with Crippen LogP contribution < -0.4 is 21.1 Å². The maximum Gasteiger partial charge on any atom is 0.253 e. The van der Waals surface area contributed by atoms with Crippen LogP contribution in [0.3, 0.4) is 0 Å². The van der Waals surface area contributed by atoms with E-state index >= 15 is 0 Å². The normalized spacial score (nSPS) is 14.8. The summed E-state index contributed by atoms with van der Waals surface area (Å²) in [4.78, 5) is 51.6. The van der Waals surface area contributed by atoms with Crippen molar-refractivity contribution in [3.8, 4) is 11.1 Å². The summed E-state index contributed by atoms with van der Waals surface area (Å²) < 4.78 is 1.92. The maximum atomic E-state index is 13.7. The average molecular weight is 723 g/mol. The molecule has 4 heterocycles. The number of nitrogens with one attached hydrogen (secondary N) is 3.